The lowest BCUT2D eigenvalue weighted by atomic mass is 9.78. The third kappa shape index (κ3) is 3.83. The van der Waals surface area contributed by atoms with Gasteiger partial charge in [0.15, 0.2) is 22.3 Å². The van der Waals surface area contributed by atoms with Crippen LogP contribution in [0.15, 0.2) is 66.7 Å². The molecule has 180 valence electrons. The second-order valence-electron chi connectivity index (χ2n) is 8.83. The molecule has 3 atom stereocenters. The molecule has 1 fully saturated rings. The summed E-state index contributed by atoms with van der Waals surface area (Å²) in [6.07, 6.45) is 0. The van der Waals surface area contributed by atoms with Crippen molar-refractivity contribution in [3.63, 3.8) is 0 Å². The Labute approximate surface area is 210 Å². The average molecular weight is 490 g/mol. The van der Waals surface area contributed by atoms with Crippen LogP contribution in [-0.4, -0.2) is 31.0 Å². The second-order valence-corrected chi connectivity index (χ2v) is 9.22. The standard InChI is InChI=1S/C27H27N3O4S/c1-16-7-5-8-18(15-16)30-26(35)29-23-20-9-6-10-21(33-4)24(20)34-27(30,2)22(23)25(31)28-17-11-13-19(32-3)14-12-17/h5-15,22-23H,1-4H3,(H,28,31)(H,29,35)/t22-,23+,27+/m1/s1. The highest BCUT2D eigenvalue weighted by atomic mass is 32.1. The smallest absolute Gasteiger partial charge is 0.236 e. The molecule has 2 heterocycles. The predicted molar refractivity (Wildman–Crippen MR) is 139 cm³/mol. The summed E-state index contributed by atoms with van der Waals surface area (Å²) in [7, 11) is 3.21. The number of aryl methyl sites for hydroxylation is 1. The first-order chi connectivity index (χ1) is 16.9. The van der Waals surface area contributed by atoms with Gasteiger partial charge in [-0.2, -0.15) is 0 Å². The van der Waals surface area contributed by atoms with Crippen LogP contribution in [0.2, 0.25) is 0 Å². The maximum Gasteiger partial charge on any atom is 0.236 e. The highest BCUT2D eigenvalue weighted by Gasteiger charge is 2.59. The molecule has 0 spiro atoms. The molecule has 0 aliphatic carbocycles. The van der Waals surface area contributed by atoms with E-state index in [2.05, 4.69) is 10.6 Å². The minimum absolute atomic E-state index is 0.191. The topological polar surface area (TPSA) is 72.1 Å². The highest BCUT2D eigenvalue weighted by Crippen LogP contribution is 2.52. The largest absolute Gasteiger partial charge is 0.497 e. The van der Waals surface area contributed by atoms with E-state index in [9.17, 15) is 4.79 Å². The van der Waals surface area contributed by atoms with Gasteiger partial charge < -0.3 is 24.8 Å². The fourth-order valence-electron chi connectivity index (χ4n) is 4.98. The lowest BCUT2D eigenvalue weighted by Crippen LogP contribution is -2.72. The molecule has 2 bridgehead atoms. The van der Waals surface area contributed by atoms with Crippen molar-refractivity contribution in [2.24, 2.45) is 5.92 Å². The lowest BCUT2D eigenvalue weighted by molar-refractivity contribution is -0.130. The fourth-order valence-corrected chi connectivity index (χ4v) is 5.39. The maximum absolute atomic E-state index is 13.9. The number of rotatable bonds is 5. The number of hydrogen-bond acceptors (Lipinski definition) is 5. The van der Waals surface area contributed by atoms with Crippen molar-refractivity contribution in [3.8, 4) is 17.2 Å². The molecule has 7 nitrogen and oxygen atoms in total. The predicted octanol–water partition coefficient (Wildman–Crippen LogP) is 4.81. The van der Waals surface area contributed by atoms with Crippen molar-refractivity contribution in [1.82, 2.24) is 5.32 Å². The molecule has 1 amide bonds. The van der Waals surface area contributed by atoms with Gasteiger partial charge in [-0.25, -0.2) is 0 Å². The van der Waals surface area contributed by atoms with Crippen molar-refractivity contribution < 1.29 is 19.0 Å². The molecule has 2 aliphatic heterocycles. The Balaban J connectivity index is 1.62. The van der Waals surface area contributed by atoms with Crippen LogP contribution in [-0.2, 0) is 4.79 Å². The number of nitrogens with one attached hydrogen (secondary N) is 2. The Morgan fingerprint density at radius 1 is 1.09 bits per heavy atom. The van der Waals surface area contributed by atoms with Crippen molar-refractivity contribution in [2.45, 2.75) is 25.6 Å². The number of hydrogen-bond donors (Lipinski definition) is 2. The third-order valence-electron chi connectivity index (χ3n) is 6.61. The van der Waals surface area contributed by atoms with E-state index in [1.54, 1.807) is 14.2 Å². The molecular formula is C27H27N3O4S. The molecule has 0 saturated carbocycles. The van der Waals surface area contributed by atoms with E-state index in [-0.39, 0.29) is 5.91 Å². The van der Waals surface area contributed by atoms with E-state index in [0.29, 0.717) is 28.0 Å². The minimum atomic E-state index is -1.13. The number of nitrogens with zero attached hydrogens (tertiary/aromatic N) is 1. The zero-order valence-electron chi connectivity index (χ0n) is 20.0. The summed E-state index contributed by atoms with van der Waals surface area (Å²) >= 11 is 5.82. The van der Waals surface area contributed by atoms with Gasteiger partial charge in [-0.05, 0) is 74.1 Å². The van der Waals surface area contributed by atoms with Crippen LogP contribution in [0.25, 0.3) is 0 Å². The molecule has 3 aromatic carbocycles. The first-order valence-electron chi connectivity index (χ1n) is 11.3. The number of benzene rings is 3. The van der Waals surface area contributed by atoms with Crippen LogP contribution in [0.1, 0.15) is 24.1 Å². The van der Waals surface area contributed by atoms with Gasteiger partial charge in [0.25, 0.3) is 0 Å². The minimum Gasteiger partial charge on any atom is -0.497 e. The third-order valence-corrected chi connectivity index (χ3v) is 6.91. The van der Waals surface area contributed by atoms with Gasteiger partial charge in [-0.15, -0.1) is 0 Å². The number of ether oxygens (including phenoxy) is 3. The fraction of sp³-hybridized carbons (Fsp3) is 0.259. The summed E-state index contributed by atoms with van der Waals surface area (Å²) in [5.74, 6) is 1.09. The van der Waals surface area contributed by atoms with Gasteiger partial charge >= 0.3 is 0 Å². The van der Waals surface area contributed by atoms with Gasteiger partial charge in [0, 0.05) is 16.9 Å². The normalized spacial score (nSPS) is 22.4. The lowest BCUT2D eigenvalue weighted by Gasteiger charge is -2.56. The van der Waals surface area contributed by atoms with Gasteiger partial charge in [0.05, 0.1) is 20.3 Å². The monoisotopic (exact) mass is 489 g/mol. The Bertz CT molecular complexity index is 1300. The molecule has 2 aliphatic rings. The van der Waals surface area contributed by atoms with E-state index < -0.39 is 17.7 Å². The maximum atomic E-state index is 13.9. The van der Waals surface area contributed by atoms with Crippen LogP contribution in [0, 0.1) is 12.8 Å². The summed E-state index contributed by atoms with van der Waals surface area (Å²) < 4.78 is 17.5. The molecule has 1 saturated heterocycles. The molecule has 5 rings (SSSR count). The van der Waals surface area contributed by atoms with Crippen LogP contribution in [0.5, 0.6) is 17.2 Å². The number of anilines is 2. The van der Waals surface area contributed by atoms with Crippen LogP contribution < -0.4 is 29.7 Å². The highest BCUT2D eigenvalue weighted by molar-refractivity contribution is 7.80. The van der Waals surface area contributed by atoms with Crippen molar-refractivity contribution in [3.05, 3.63) is 77.9 Å². The number of carbonyl (C=O) groups is 1. The summed E-state index contributed by atoms with van der Waals surface area (Å²) in [5, 5.41) is 6.97. The van der Waals surface area contributed by atoms with Gasteiger partial charge in [-0.1, -0.05) is 24.3 Å². The molecule has 0 aromatic heterocycles. The number of carbonyl (C=O) groups excluding carboxylic acids is 1. The van der Waals surface area contributed by atoms with Crippen molar-refractivity contribution >= 4 is 34.6 Å². The van der Waals surface area contributed by atoms with E-state index in [0.717, 1.165) is 16.8 Å². The first kappa shape index (κ1) is 23.0. The summed E-state index contributed by atoms with van der Waals surface area (Å²) in [6.45, 7) is 3.92. The van der Waals surface area contributed by atoms with Crippen LogP contribution >= 0.6 is 12.2 Å². The Morgan fingerprint density at radius 3 is 2.51 bits per heavy atom. The van der Waals surface area contributed by atoms with Crippen LogP contribution in [0.4, 0.5) is 11.4 Å². The summed E-state index contributed by atoms with van der Waals surface area (Å²) in [4.78, 5) is 15.8. The zero-order valence-corrected chi connectivity index (χ0v) is 20.8. The van der Waals surface area contributed by atoms with Gasteiger partial charge in [-0.3, -0.25) is 9.69 Å². The molecule has 2 N–H and O–H groups in total. The number of fused-ring (bicyclic) bond motifs is 4. The van der Waals surface area contributed by atoms with Crippen LogP contribution in [0.3, 0.4) is 0 Å². The second kappa shape index (κ2) is 8.78. The van der Waals surface area contributed by atoms with Gasteiger partial charge in [0.1, 0.15) is 11.7 Å². The van der Waals surface area contributed by atoms with E-state index in [1.165, 1.54) is 0 Å². The van der Waals surface area contributed by atoms with E-state index in [1.807, 2.05) is 85.5 Å². The van der Waals surface area contributed by atoms with Crippen molar-refractivity contribution in [2.75, 3.05) is 24.4 Å². The number of methoxy groups -OCH3 is 2. The molecular weight excluding hydrogens is 462 g/mol. The number of para-hydroxylation sites is 1. The number of thiocarbonyl (C=S) groups is 1. The van der Waals surface area contributed by atoms with Gasteiger partial charge in [0.2, 0.25) is 5.91 Å². The van der Waals surface area contributed by atoms with Crippen molar-refractivity contribution in [1.29, 1.82) is 0 Å². The zero-order chi connectivity index (χ0) is 24.7. The molecule has 35 heavy (non-hydrogen) atoms. The quantitative estimate of drug-likeness (QED) is 0.498. The Kier molecular flexibility index (Phi) is 5.76. The van der Waals surface area contributed by atoms with E-state index in [4.69, 9.17) is 26.4 Å². The molecule has 8 heteroatoms. The molecule has 0 unspecified atom stereocenters. The summed E-state index contributed by atoms with van der Waals surface area (Å²) in [6, 6.07) is 20.5. The Hall–Kier alpha value is -3.78. The molecule has 3 aromatic rings. The Morgan fingerprint density at radius 2 is 1.83 bits per heavy atom. The summed E-state index contributed by atoms with van der Waals surface area (Å²) in [5.41, 5.74) is 2.27. The van der Waals surface area contributed by atoms with E-state index >= 15 is 0 Å². The SMILES string of the molecule is COc1ccc(NC(=O)[C@H]2[C@H]3NC(=S)N(c4cccc(C)c4)[C@@]2(C)Oc2c(OC)cccc23)cc1. The average Bonchev–Trinajstić information content (AvgIpc) is 2.83. The molecule has 0 radical (unpaired) electrons. The first-order valence-corrected chi connectivity index (χ1v) is 11.7. The number of amides is 1.